The number of hydrogen-bond donors (Lipinski definition) is 2. The lowest BCUT2D eigenvalue weighted by atomic mass is 9.81. The van der Waals surface area contributed by atoms with E-state index in [0.29, 0.717) is 29.3 Å². The smallest absolute Gasteiger partial charge is 0.138 e. The molecule has 1 heterocycles. The number of ketones is 1. The summed E-state index contributed by atoms with van der Waals surface area (Å²) in [6.07, 6.45) is 6.41. The number of carbonyl (C=O) groups excluding carboxylic acids is 1. The van der Waals surface area contributed by atoms with Gasteiger partial charge in [-0.3, -0.25) is 4.79 Å². The minimum atomic E-state index is -0.875. The summed E-state index contributed by atoms with van der Waals surface area (Å²) < 4.78 is 13.1. The molecule has 0 aromatic rings. The summed E-state index contributed by atoms with van der Waals surface area (Å²) in [5.74, 6) is 1.42. The number of nitrogens with one attached hydrogen (secondary N) is 2. The normalized spacial score (nSPS) is 43.6. The summed E-state index contributed by atoms with van der Waals surface area (Å²) in [4.78, 5) is 12.4. The zero-order valence-electron chi connectivity index (χ0n) is 14.1. The molecule has 0 radical (unpaired) electrons. The molecular formula is C17H30N2O2S2. The second-order valence-electron chi connectivity index (χ2n) is 7.40. The first-order valence-corrected chi connectivity index (χ1v) is 11.8. The van der Waals surface area contributed by atoms with Gasteiger partial charge in [0.1, 0.15) is 5.78 Å². The largest absolute Gasteiger partial charge is 0.315 e. The molecule has 6 heteroatoms. The van der Waals surface area contributed by atoms with E-state index in [1.54, 1.807) is 10.8 Å². The van der Waals surface area contributed by atoms with Gasteiger partial charge in [-0.25, -0.2) is 4.21 Å². The molecule has 0 aromatic heterocycles. The van der Waals surface area contributed by atoms with Gasteiger partial charge in [0.2, 0.25) is 0 Å². The average molecular weight is 359 g/mol. The molecule has 4 nitrogen and oxygen atoms in total. The highest BCUT2D eigenvalue weighted by Gasteiger charge is 2.40. The van der Waals surface area contributed by atoms with Crippen molar-refractivity contribution in [2.75, 3.05) is 26.2 Å². The molecule has 0 aromatic carbocycles. The lowest BCUT2D eigenvalue weighted by Gasteiger charge is -2.37. The average Bonchev–Trinajstić information content (AvgIpc) is 2.55. The lowest BCUT2D eigenvalue weighted by molar-refractivity contribution is -0.124. The molecule has 0 bridgehead atoms. The van der Waals surface area contributed by atoms with Gasteiger partial charge in [-0.1, -0.05) is 30.6 Å². The van der Waals surface area contributed by atoms with Gasteiger partial charge >= 0.3 is 0 Å². The fraction of sp³-hybridized carbons (Fsp3) is 0.941. The molecule has 3 rings (SSSR count). The maximum absolute atomic E-state index is 13.1. The third kappa shape index (κ3) is 4.39. The predicted molar refractivity (Wildman–Crippen MR) is 97.9 cm³/mol. The van der Waals surface area contributed by atoms with Crippen LogP contribution in [0.15, 0.2) is 0 Å². The zero-order chi connectivity index (χ0) is 16.2. The Kier molecular flexibility index (Phi) is 6.58. The molecule has 0 amide bonds. The summed E-state index contributed by atoms with van der Waals surface area (Å²) >= 11 is 0. The van der Waals surface area contributed by atoms with Gasteiger partial charge in [0.05, 0.1) is 9.83 Å². The Morgan fingerprint density at radius 3 is 2.65 bits per heavy atom. The summed E-state index contributed by atoms with van der Waals surface area (Å²) in [5.41, 5.74) is 0. The summed E-state index contributed by atoms with van der Waals surface area (Å²) in [6, 6.07) is 0. The van der Waals surface area contributed by atoms with Crippen molar-refractivity contribution in [3.63, 3.8) is 0 Å². The molecule has 23 heavy (non-hydrogen) atoms. The first kappa shape index (κ1) is 17.9. The van der Waals surface area contributed by atoms with E-state index in [-0.39, 0.29) is 11.2 Å². The quantitative estimate of drug-likeness (QED) is 0.650. The van der Waals surface area contributed by atoms with Crippen LogP contribution in [0.4, 0.5) is 0 Å². The highest BCUT2D eigenvalue weighted by molar-refractivity contribution is 8.69. The van der Waals surface area contributed by atoms with Gasteiger partial charge in [-0.05, 0) is 37.6 Å². The van der Waals surface area contributed by atoms with Crippen molar-refractivity contribution >= 4 is 26.4 Å². The zero-order valence-corrected chi connectivity index (χ0v) is 15.7. The fourth-order valence-corrected chi connectivity index (χ4v) is 9.05. The molecule has 2 saturated carbocycles. The standard InChI is InChI=1S/C17H30N2O2S2/c1-12-6-7-15(20)14-11-19-9-8-18-10-13-4-2-3-5-16(13)23(21)22-17(12)14/h12-14,16-19H,2-11H2,1H3. The Morgan fingerprint density at radius 1 is 1.09 bits per heavy atom. The van der Waals surface area contributed by atoms with Crippen LogP contribution in [0, 0.1) is 17.8 Å². The van der Waals surface area contributed by atoms with Crippen LogP contribution in [0.25, 0.3) is 0 Å². The Hall–Kier alpha value is 0.0900. The SMILES string of the molecule is CC1CCC(=O)C2CNCCNCC3CCCCC3S(=O)SC12. The van der Waals surface area contributed by atoms with Crippen LogP contribution in [0.5, 0.6) is 0 Å². The van der Waals surface area contributed by atoms with Crippen molar-refractivity contribution in [2.24, 2.45) is 17.8 Å². The predicted octanol–water partition coefficient (Wildman–Crippen LogP) is 2.12. The molecule has 2 aliphatic carbocycles. The first-order valence-electron chi connectivity index (χ1n) is 9.18. The monoisotopic (exact) mass is 358 g/mol. The second-order valence-corrected chi connectivity index (χ2v) is 10.8. The van der Waals surface area contributed by atoms with Crippen LogP contribution < -0.4 is 10.6 Å². The van der Waals surface area contributed by atoms with E-state index in [0.717, 1.165) is 39.0 Å². The van der Waals surface area contributed by atoms with E-state index in [4.69, 9.17) is 0 Å². The number of fused-ring (bicyclic) bond motifs is 2. The van der Waals surface area contributed by atoms with E-state index in [1.165, 1.54) is 19.3 Å². The van der Waals surface area contributed by atoms with E-state index in [9.17, 15) is 9.00 Å². The van der Waals surface area contributed by atoms with Crippen molar-refractivity contribution in [1.29, 1.82) is 0 Å². The summed E-state index contributed by atoms with van der Waals surface area (Å²) in [5, 5.41) is 7.49. The molecule has 1 aliphatic heterocycles. The van der Waals surface area contributed by atoms with E-state index in [1.807, 2.05) is 0 Å². The Bertz CT molecular complexity index is 446. The van der Waals surface area contributed by atoms with E-state index in [2.05, 4.69) is 17.6 Å². The van der Waals surface area contributed by atoms with E-state index < -0.39 is 9.83 Å². The molecule has 3 fully saturated rings. The topological polar surface area (TPSA) is 58.2 Å². The van der Waals surface area contributed by atoms with Gasteiger partial charge in [-0.15, -0.1) is 0 Å². The van der Waals surface area contributed by atoms with Crippen molar-refractivity contribution in [1.82, 2.24) is 10.6 Å². The molecule has 6 unspecified atom stereocenters. The molecular weight excluding hydrogens is 328 g/mol. The molecule has 6 atom stereocenters. The Labute approximate surface area is 146 Å². The number of rotatable bonds is 0. The highest BCUT2D eigenvalue weighted by Crippen LogP contribution is 2.41. The van der Waals surface area contributed by atoms with Crippen LogP contribution in [-0.4, -0.2) is 46.7 Å². The van der Waals surface area contributed by atoms with Crippen LogP contribution in [0.1, 0.15) is 45.4 Å². The molecule has 1 saturated heterocycles. The minimum Gasteiger partial charge on any atom is -0.315 e. The first-order chi connectivity index (χ1) is 11.2. The third-order valence-electron chi connectivity index (χ3n) is 5.76. The number of hydrogen-bond acceptors (Lipinski definition) is 5. The van der Waals surface area contributed by atoms with Gasteiger partial charge in [0.25, 0.3) is 0 Å². The highest BCUT2D eigenvalue weighted by atomic mass is 33.1. The van der Waals surface area contributed by atoms with Crippen molar-refractivity contribution in [3.8, 4) is 0 Å². The van der Waals surface area contributed by atoms with Gasteiger partial charge in [0.15, 0.2) is 0 Å². The molecule has 132 valence electrons. The van der Waals surface area contributed by atoms with Crippen LogP contribution >= 0.6 is 10.8 Å². The Balaban J connectivity index is 1.77. The lowest BCUT2D eigenvalue weighted by Crippen LogP contribution is -2.46. The maximum Gasteiger partial charge on any atom is 0.138 e. The minimum absolute atomic E-state index is 0.0363. The molecule has 0 spiro atoms. The van der Waals surface area contributed by atoms with Crippen molar-refractivity contribution in [3.05, 3.63) is 0 Å². The fourth-order valence-electron chi connectivity index (χ4n) is 4.25. The summed E-state index contributed by atoms with van der Waals surface area (Å²) in [6.45, 7) is 5.81. The number of Topliss-reactive ketones (excluding diaryl/α,β-unsaturated/α-hetero) is 1. The van der Waals surface area contributed by atoms with Crippen LogP contribution in [-0.2, 0) is 14.6 Å². The van der Waals surface area contributed by atoms with Crippen LogP contribution in [0.2, 0.25) is 0 Å². The summed E-state index contributed by atoms with van der Waals surface area (Å²) in [7, 11) is 0.750. The second kappa shape index (κ2) is 8.45. The van der Waals surface area contributed by atoms with Crippen LogP contribution in [0.3, 0.4) is 0 Å². The van der Waals surface area contributed by atoms with Gasteiger partial charge in [-0.2, -0.15) is 0 Å². The van der Waals surface area contributed by atoms with E-state index >= 15 is 0 Å². The van der Waals surface area contributed by atoms with Gasteiger partial charge < -0.3 is 10.6 Å². The molecule has 2 N–H and O–H groups in total. The van der Waals surface area contributed by atoms with Crippen molar-refractivity contribution in [2.45, 2.75) is 55.9 Å². The number of carbonyl (C=O) groups is 1. The molecule has 3 aliphatic rings. The maximum atomic E-state index is 13.1. The van der Waals surface area contributed by atoms with Crippen molar-refractivity contribution < 1.29 is 9.00 Å². The van der Waals surface area contributed by atoms with Gasteiger partial charge in [0, 0.05) is 42.5 Å². The third-order valence-corrected chi connectivity index (χ3v) is 10.1. The Morgan fingerprint density at radius 2 is 1.83 bits per heavy atom.